The van der Waals surface area contributed by atoms with Crippen LogP contribution < -0.4 is 21.3 Å². The van der Waals surface area contributed by atoms with Crippen LogP contribution in [-0.4, -0.2) is 103 Å². The summed E-state index contributed by atoms with van der Waals surface area (Å²) in [4.78, 5) is 69.7. The van der Waals surface area contributed by atoms with Crippen LogP contribution in [0.5, 0.6) is 0 Å². The van der Waals surface area contributed by atoms with Crippen molar-refractivity contribution in [1.82, 2.24) is 30.5 Å². The maximum Gasteiger partial charge on any atom is 0.315 e. The number of likely N-dealkylation sites (tertiary alicyclic amines) is 1. The summed E-state index contributed by atoms with van der Waals surface area (Å²) in [5.74, 6) is -3.14. The second-order valence-electron chi connectivity index (χ2n) is 16.7. The van der Waals surface area contributed by atoms with Gasteiger partial charge in [0.05, 0.1) is 11.8 Å². The number of sulfonamides is 1. The molecule has 3 aliphatic rings. The molecule has 3 fully saturated rings. The number of nitrogens with zero attached hydrogens (tertiary/aromatic N) is 2. The highest BCUT2D eigenvalue weighted by Crippen LogP contribution is 2.65. The first kappa shape index (κ1) is 42.4. The number of rotatable bonds is 17. The van der Waals surface area contributed by atoms with Gasteiger partial charge in [-0.15, -0.1) is 6.58 Å². The molecule has 6 atom stereocenters. The van der Waals surface area contributed by atoms with Crippen LogP contribution in [0.15, 0.2) is 12.7 Å². The molecule has 290 valence electrons. The number of ketones is 1. The lowest BCUT2D eigenvalue weighted by Gasteiger charge is -2.37. The summed E-state index contributed by atoms with van der Waals surface area (Å²) in [6, 6.07) is -4.19. The van der Waals surface area contributed by atoms with Gasteiger partial charge in [-0.25, -0.2) is 13.2 Å². The molecular weight excluding hydrogens is 673 g/mol. The Labute approximate surface area is 305 Å². The molecular formula is C37H64N6O7S. The second kappa shape index (κ2) is 17.2. The fourth-order valence-corrected chi connectivity index (χ4v) is 9.67. The number of hydrogen-bond donors (Lipinski definition) is 4. The topological polar surface area (TPSA) is 174 Å². The van der Waals surface area contributed by atoms with Crippen molar-refractivity contribution < 1.29 is 32.4 Å². The van der Waals surface area contributed by atoms with Gasteiger partial charge >= 0.3 is 6.03 Å². The van der Waals surface area contributed by atoms with Gasteiger partial charge in [0.2, 0.25) is 27.6 Å². The van der Waals surface area contributed by atoms with Crippen LogP contribution in [0, 0.1) is 29.1 Å². The molecule has 5 amide bonds. The monoisotopic (exact) mass is 736 g/mol. The smallest absolute Gasteiger partial charge is 0.315 e. The standard InChI is InChI=1S/C37H64N6O7S/c1-11-13-19-26(31(44)33(46)38-20-12-2)39-32(45)30-28-25(37(28,8)9)21-43(30)34(47)29(24-17-15-14-16-18-24)41-35(48)40-27(23(3)4)22-51(49,50)42(10)36(5,6)7/h12,23-30H,2,11,13-22H2,1,3-10H3,(H,38,46)(H,39,45)(H2,40,41,48)/t25-,26?,27+,28-,29-,30-/m0/s1. The Morgan fingerprint density at radius 2 is 1.65 bits per heavy atom. The van der Waals surface area contributed by atoms with Crippen LogP contribution in [0.3, 0.4) is 0 Å². The molecule has 0 spiro atoms. The molecule has 1 heterocycles. The van der Waals surface area contributed by atoms with Crippen LogP contribution in [0.25, 0.3) is 0 Å². The lowest BCUT2D eigenvalue weighted by Crippen LogP contribution is -2.61. The van der Waals surface area contributed by atoms with Crippen LogP contribution in [0.1, 0.15) is 107 Å². The molecule has 1 aliphatic heterocycles. The summed E-state index contributed by atoms with van der Waals surface area (Å²) >= 11 is 0. The van der Waals surface area contributed by atoms with E-state index < -0.39 is 63.4 Å². The summed E-state index contributed by atoms with van der Waals surface area (Å²) in [6.07, 6.45) is 7.41. The molecule has 0 radical (unpaired) electrons. The van der Waals surface area contributed by atoms with E-state index in [0.717, 1.165) is 38.5 Å². The number of carbonyl (C=O) groups excluding carboxylic acids is 5. The number of fused-ring (bicyclic) bond motifs is 1. The lowest BCUT2D eigenvalue weighted by molar-refractivity contribution is -0.144. The highest BCUT2D eigenvalue weighted by atomic mass is 32.2. The van der Waals surface area contributed by atoms with Gasteiger partial charge in [0.15, 0.2) is 0 Å². The molecule has 51 heavy (non-hydrogen) atoms. The normalized spacial score (nSPS) is 23.5. The zero-order valence-corrected chi connectivity index (χ0v) is 33.2. The SMILES string of the molecule is C=CCNC(=O)C(=O)C(CCCC)NC(=O)[C@@H]1[C@@H]2[C@H](CN1C(=O)[C@@H](NC(=O)N[C@H](CS(=O)(=O)N(C)C(C)(C)C)C(C)C)C1CCCCC1)C2(C)C. The average molecular weight is 737 g/mol. The van der Waals surface area contributed by atoms with Gasteiger partial charge in [0.25, 0.3) is 5.91 Å². The number of piperidine rings is 1. The third-order valence-corrected chi connectivity index (χ3v) is 13.6. The highest BCUT2D eigenvalue weighted by molar-refractivity contribution is 7.89. The van der Waals surface area contributed by atoms with Crippen molar-refractivity contribution in [3.8, 4) is 0 Å². The van der Waals surface area contributed by atoms with Crippen molar-refractivity contribution in [2.75, 3.05) is 25.9 Å². The van der Waals surface area contributed by atoms with E-state index in [2.05, 4.69) is 41.7 Å². The Morgan fingerprint density at radius 3 is 2.20 bits per heavy atom. The summed E-state index contributed by atoms with van der Waals surface area (Å²) in [5, 5.41) is 11.1. The second-order valence-corrected chi connectivity index (χ2v) is 18.8. The molecule has 1 unspecified atom stereocenters. The molecule has 0 aromatic carbocycles. The van der Waals surface area contributed by atoms with Crippen molar-refractivity contribution in [1.29, 1.82) is 0 Å². The van der Waals surface area contributed by atoms with Gasteiger partial charge in [-0.3, -0.25) is 19.2 Å². The minimum Gasteiger partial charge on any atom is -0.346 e. The predicted molar refractivity (Wildman–Crippen MR) is 198 cm³/mol. The third kappa shape index (κ3) is 10.3. The summed E-state index contributed by atoms with van der Waals surface area (Å²) in [5.41, 5.74) is -0.847. The first-order chi connectivity index (χ1) is 23.7. The zero-order chi connectivity index (χ0) is 38.5. The van der Waals surface area contributed by atoms with E-state index in [9.17, 15) is 32.4 Å². The Kier molecular flexibility index (Phi) is 14.3. The van der Waals surface area contributed by atoms with Crippen molar-refractivity contribution in [3.63, 3.8) is 0 Å². The van der Waals surface area contributed by atoms with Gasteiger partial charge in [-0.05, 0) is 69.1 Å². The lowest BCUT2D eigenvalue weighted by atomic mass is 9.83. The van der Waals surface area contributed by atoms with E-state index in [0.29, 0.717) is 13.0 Å². The first-order valence-electron chi connectivity index (χ1n) is 18.8. The molecule has 0 aromatic heterocycles. The van der Waals surface area contributed by atoms with Crippen molar-refractivity contribution in [3.05, 3.63) is 12.7 Å². The molecule has 0 aromatic rings. The summed E-state index contributed by atoms with van der Waals surface area (Å²) < 4.78 is 27.9. The highest BCUT2D eigenvalue weighted by Gasteiger charge is 2.69. The number of carbonyl (C=O) groups is 5. The number of Topliss-reactive ketones (excluding diaryl/α,β-unsaturated/α-hetero) is 1. The van der Waals surface area contributed by atoms with Crippen molar-refractivity contribution in [2.24, 2.45) is 29.1 Å². The molecule has 14 heteroatoms. The third-order valence-electron chi connectivity index (χ3n) is 11.4. The maximum atomic E-state index is 14.6. The number of nitrogens with one attached hydrogen (secondary N) is 4. The Morgan fingerprint density at radius 1 is 1.02 bits per heavy atom. The van der Waals surface area contributed by atoms with Crippen molar-refractivity contribution in [2.45, 2.75) is 136 Å². The van der Waals surface area contributed by atoms with E-state index >= 15 is 0 Å². The minimum atomic E-state index is -3.73. The van der Waals surface area contributed by atoms with Crippen LogP contribution in [0.2, 0.25) is 0 Å². The van der Waals surface area contributed by atoms with Gasteiger partial charge < -0.3 is 26.2 Å². The quantitative estimate of drug-likeness (QED) is 0.131. The maximum absolute atomic E-state index is 14.6. The number of unbranched alkanes of at least 4 members (excludes halogenated alkanes) is 1. The number of urea groups is 1. The van der Waals surface area contributed by atoms with Gasteiger partial charge in [-0.1, -0.05) is 72.8 Å². The minimum absolute atomic E-state index is 0.0639. The van der Waals surface area contributed by atoms with E-state index in [1.165, 1.54) is 17.4 Å². The molecule has 3 rings (SSSR count). The van der Waals surface area contributed by atoms with Crippen molar-refractivity contribution >= 4 is 39.6 Å². The number of hydrogen-bond acceptors (Lipinski definition) is 7. The molecule has 1 saturated heterocycles. The summed E-state index contributed by atoms with van der Waals surface area (Å²) in [7, 11) is -2.20. The first-order valence-corrected chi connectivity index (χ1v) is 20.4. The fourth-order valence-electron chi connectivity index (χ4n) is 7.69. The van der Waals surface area contributed by atoms with Gasteiger partial charge in [0.1, 0.15) is 12.1 Å². The number of amides is 5. The van der Waals surface area contributed by atoms with E-state index in [1.807, 2.05) is 20.8 Å². The van der Waals surface area contributed by atoms with Gasteiger partial charge in [0, 0.05) is 31.7 Å². The molecule has 4 N–H and O–H groups in total. The van der Waals surface area contributed by atoms with Crippen LogP contribution >= 0.6 is 0 Å². The van der Waals surface area contributed by atoms with Crippen LogP contribution in [0.4, 0.5) is 4.79 Å². The Bertz CT molecular complexity index is 1400. The molecule has 0 bridgehead atoms. The average Bonchev–Trinajstić information content (AvgIpc) is 3.37. The Hall–Kier alpha value is -3.00. The largest absolute Gasteiger partial charge is 0.346 e. The molecule has 13 nitrogen and oxygen atoms in total. The van der Waals surface area contributed by atoms with Crippen LogP contribution in [-0.2, 0) is 29.2 Å². The fraction of sp³-hybridized carbons (Fsp3) is 0.811. The van der Waals surface area contributed by atoms with E-state index in [4.69, 9.17) is 0 Å². The van der Waals surface area contributed by atoms with E-state index in [1.54, 1.807) is 25.7 Å². The van der Waals surface area contributed by atoms with Gasteiger partial charge in [-0.2, -0.15) is 4.31 Å². The Balaban J connectivity index is 1.86. The zero-order valence-electron chi connectivity index (χ0n) is 32.3. The van der Waals surface area contributed by atoms with E-state index in [-0.39, 0.29) is 53.7 Å². The molecule has 2 aliphatic carbocycles. The molecule has 2 saturated carbocycles. The summed E-state index contributed by atoms with van der Waals surface area (Å²) in [6.45, 7) is 19.2. The predicted octanol–water partition coefficient (Wildman–Crippen LogP) is 3.35.